The average molecular weight is 863 g/mol. The topological polar surface area (TPSA) is 158 Å². The number of benzene rings is 3. The molecule has 4 aliphatic heterocycles. The van der Waals surface area contributed by atoms with Crippen molar-refractivity contribution in [3.63, 3.8) is 0 Å². The van der Waals surface area contributed by atoms with Gasteiger partial charge >= 0.3 is 0 Å². The van der Waals surface area contributed by atoms with Gasteiger partial charge in [-0.2, -0.15) is 0 Å². The van der Waals surface area contributed by atoms with Gasteiger partial charge in [0.15, 0.2) is 5.65 Å². The summed E-state index contributed by atoms with van der Waals surface area (Å²) < 4.78 is 21.4. The van der Waals surface area contributed by atoms with Crippen LogP contribution in [-0.2, 0) is 16.1 Å². The summed E-state index contributed by atoms with van der Waals surface area (Å²) in [7, 11) is 1.62. The molecule has 10 rings (SSSR count). The third-order valence-corrected chi connectivity index (χ3v) is 12.9. The molecular formula is C48H47FN10O5. The Morgan fingerprint density at radius 2 is 1.67 bits per heavy atom. The molecule has 3 aromatic heterocycles. The first kappa shape index (κ1) is 40.8. The molecule has 6 aromatic rings. The second kappa shape index (κ2) is 17.2. The summed E-state index contributed by atoms with van der Waals surface area (Å²) in [5.41, 5.74) is 5.75. The number of methoxy groups -OCH3 is 1. The van der Waals surface area contributed by atoms with Crippen molar-refractivity contribution in [3.05, 3.63) is 131 Å². The van der Waals surface area contributed by atoms with E-state index in [1.807, 2.05) is 71.2 Å². The first-order valence-corrected chi connectivity index (χ1v) is 21.8. The Morgan fingerprint density at radius 1 is 0.844 bits per heavy atom. The van der Waals surface area contributed by atoms with Crippen LogP contribution < -0.4 is 30.1 Å². The summed E-state index contributed by atoms with van der Waals surface area (Å²) in [6.07, 6.45) is 4.07. The fourth-order valence-electron chi connectivity index (χ4n) is 9.61. The van der Waals surface area contributed by atoms with Crippen molar-refractivity contribution in [2.75, 3.05) is 67.6 Å². The summed E-state index contributed by atoms with van der Waals surface area (Å²) in [5, 5.41) is 9.91. The molecule has 3 fully saturated rings. The number of ether oxygens (including phenoxy) is 1. The van der Waals surface area contributed by atoms with E-state index in [0.29, 0.717) is 36.5 Å². The van der Waals surface area contributed by atoms with Crippen LogP contribution in [0.15, 0.2) is 97.2 Å². The molecule has 0 aliphatic carbocycles. The number of imidazole rings is 1. The highest BCUT2D eigenvalue weighted by Gasteiger charge is 2.39. The minimum absolute atomic E-state index is 0.0359. The number of carbonyl (C=O) groups is 4. The number of piperazine rings is 1. The molecule has 0 bridgehead atoms. The number of aromatic nitrogens is 4. The lowest BCUT2D eigenvalue weighted by molar-refractivity contribution is -0.134. The predicted molar refractivity (Wildman–Crippen MR) is 238 cm³/mol. The average Bonchev–Trinajstić information content (AvgIpc) is 4.05. The number of rotatable bonds is 12. The zero-order valence-electron chi connectivity index (χ0n) is 35.4. The highest BCUT2D eigenvalue weighted by molar-refractivity contribution is 6.23. The van der Waals surface area contributed by atoms with Crippen molar-refractivity contribution in [3.8, 4) is 17.1 Å². The van der Waals surface area contributed by atoms with Crippen molar-refractivity contribution in [1.82, 2.24) is 35.1 Å². The van der Waals surface area contributed by atoms with Gasteiger partial charge in [-0.05, 0) is 91.1 Å². The van der Waals surface area contributed by atoms with Gasteiger partial charge in [-0.1, -0.05) is 30.3 Å². The van der Waals surface area contributed by atoms with E-state index in [-0.39, 0.29) is 41.7 Å². The Balaban J connectivity index is 0.865. The second-order valence-corrected chi connectivity index (χ2v) is 16.7. The number of hydrogen-bond donors (Lipinski definition) is 2. The minimum Gasteiger partial charge on any atom is -0.497 e. The van der Waals surface area contributed by atoms with E-state index >= 15 is 0 Å². The zero-order valence-corrected chi connectivity index (χ0v) is 35.4. The van der Waals surface area contributed by atoms with Crippen LogP contribution in [-0.4, -0.2) is 101 Å². The van der Waals surface area contributed by atoms with Crippen LogP contribution in [0.3, 0.4) is 0 Å². The predicted octanol–water partition coefficient (Wildman–Crippen LogP) is 5.51. The third-order valence-electron chi connectivity index (χ3n) is 12.9. The summed E-state index contributed by atoms with van der Waals surface area (Å²) in [4.78, 5) is 70.6. The van der Waals surface area contributed by atoms with Gasteiger partial charge in [-0.25, -0.2) is 18.9 Å². The number of anilines is 3. The molecule has 1 unspecified atom stereocenters. The molecule has 2 N–H and O–H groups in total. The Kier molecular flexibility index (Phi) is 11.0. The van der Waals surface area contributed by atoms with Gasteiger partial charge in [0.2, 0.25) is 11.8 Å². The Bertz CT molecular complexity index is 2790. The van der Waals surface area contributed by atoms with Crippen LogP contribution in [0.25, 0.3) is 17.0 Å². The number of carbonyl (C=O) groups excluding carboxylic acids is 4. The van der Waals surface area contributed by atoms with Crippen molar-refractivity contribution < 1.29 is 28.3 Å². The molecule has 64 heavy (non-hydrogen) atoms. The van der Waals surface area contributed by atoms with Crippen molar-refractivity contribution in [1.29, 1.82) is 0 Å². The number of piperidine rings is 1. The molecular weight excluding hydrogens is 816 g/mol. The highest BCUT2D eigenvalue weighted by Crippen LogP contribution is 2.40. The van der Waals surface area contributed by atoms with E-state index in [4.69, 9.17) is 14.8 Å². The molecule has 326 valence electrons. The van der Waals surface area contributed by atoms with Crippen LogP contribution in [0.2, 0.25) is 0 Å². The molecule has 15 nitrogen and oxygen atoms in total. The van der Waals surface area contributed by atoms with E-state index in [1.165, 1.54) is 6.07 Å². The lowest BCUT2D eigenvalue weighted by atomic mass is 9.84. The SMILES string of the molecule is COc1ccc(CN(CCN2CCN(c3cccc(-c4cnc5ccc(N6CCC[C@@H]6c6cccc(F)c6)nn45)n3)CC2)c2ccc3c(c2C2CCC(=O)NC2=O)C(=O)NC3=O)cc1. The highest BCUT2D eigenvalue weighted by atomic mass is 19.1. The number of imide groups is 2. The molecule has 4 amide bonds. The van der Waals surface area contributed by atoms with Crippen molar-refractivity contribution in [2.45, 2.75) is 44.2 Å². The smallest absolute Gasteiger partial charge is 0.259 e. The lowest BCUT2D eigenvalue weighted by Crippen LogP contribution is -2.49. The monoisotopic (exact) mass is 862 g/mol. The number of halogens is 1. The van der Waals surface area contributed by atoms with E-state index in [1.54, 1.807) is 31.5 Å². The third kappa shape index (κ3) is 7.89. The number of pyridine rings is 1. The second-order valence-electron chi connectivity index (χ2n) is 16.7. The lowest BCUT2D eigenvalue weighted by Gasteiger charge is -2.37. The number of nitrogens with one attached hydrogen (secondary N) is 2. The van der Waals surface area contributed by atoms with Gasteiger partial charge in [0.05, 0.1) is 42.1 Å². The minimum atomic E-state index is -0.785. The molecule has 3 saturated heterocycles. The quantitative estimate of drug-likeness (QED) is 0.149. The fraction of sp³-hybridized carbons (Fsp3) is 0.312. The number of fused-ring (bicyclic) bond motifs is 2. The molecule has 0 spiro atoms. The molecule has 2 atom stereocenters. The molecule has 7 heterocycles. The molecule has 3 aromatic carbocycles. The van der Waals surface area contributed by atoms with Crippen molar-refractivity contribution in [2.24, 2.45) is 0 Å². The van der Waals surface area contributed by atoms with Gasteiger partial charge in [0, 0.05) is 70.0 Å². The number of amides is 4. The van der Waals surface area contributed by atoms with Crippen LogP contribution in [0.1, 0.15) is 75.0 Å². The Hall–Kier alpha value is -7.20. The molecule has 0 radical (unpaired) electrons. The maximum atomic E-state index is 14.2. The Labute approximate surface area is 368 Å². The van der Waals surface area contributed by atoms with E-state index in [0.717, 1.165) is 85.5 Å². The van der Waals surface area contributed by atoms with Crippen LogP contribution in [0.5, 0.6) is 5.75 Å². The molecule has 0 saturated carbocycles. The largest absolute Gasteiger partial charge is 0.497 e. The maximum Gasteiger partial charge on any atom is 0.259 e. The van der Waals surface area contributed by atoms with Gasteiger partial charge < -0.3 is 19.4 Å². The van der Waals surface area contributed by atoms with Gasteiger partial charge in [0.1, 0.15) is 28.9 Å². The van der Waals surface area contributed by atoms with E-state index in [2.05, 4.69) is 35.2 Å². The maximum absolute atomic E-state index is 14.2. The number of nitrogens with zero attached hydrogens (tertiary/aromatic N) is 8. The molecule has 4 aliphatic rings. The molecule has 16 heteroatoms. The first-order chi connectivity index (χ1) is 31.2. The summed E-state index contributed by atoms with van der Waals surface area (Å²) in [6, 6.07) is 28.1. The van der Waals surface area contributed by atoms with Crippen molar-refractivity contribution >= 4 is 46.6 Å². The van der Waals surface area contributed by atoms with Gasteiger partial charge in [-0.15, -0.1) is 5.10 Å². The summed E-state index contributed by atoms with van der Waals surface area (Å²) in [5.74, 6) is -0.516. The fourth-order valence-corrected chi connectivity index (χ4v) is 9.61. The Morgan fingerprint density at radius 3 is 2.47 bits per heavy atom. The summed E-state index contributed by atoms with van der Waals surface area (Å²) in [6.45, 7) is 5.54. The van der Waals surface area contributed by atoms with Crippen LogP contribution in [0.4, 0.5) is 21.7 Å². The van der Waals surface area contributed by atoms with Gasteiger partial charge in [0.25, 0.3) is 11.8 Å². The first-order valence-electron chi connectivity index (χ1n) is 21.8. The zero-order chi connectivity index (χ0) is 43.9. The van der Waals surface area contributed by atoms with Gasteiger partial charge in [-0.3, -0.25) is 34.7 Å². The van der Waals surface area contributed by atoms with Crippen LogP contribution >= 0.6 is 0 Å². The number of hydrogen-bond acceptors (Lipinski definition) is 12. The van der Waals surface area contributed by atoms with E-state index < -0.39 is 23.6 Å². The summed E-state index contributed by atoms with van der Waals surface area (Å²) >= 11 is 0. The van der Waals surface area contributed by atoms with E-state index in [9.17, 15) is 23.6 Å². The normalized spacial score (nSPS) is 19.0. The standard InChI is InChI=1S/C48H47FN10O5/c1-64-33-12-10-30(11-13-33)29-57(38-16-14-35-45(48(63)53-47(35)62)44(38)34-15-19-43(60)52-46(34)61)26-23-55-21-24-56(25-22-55)41-9-3-7-36(51-41)39-28-50-40-17-18-42(54-59(39)40)58-20-4-8-37(58)31-5-2-6-32(49)27-31/h2-3,5-7,9-14,16-18,27-28,34,37H,4,8,15,19-26,29H2,1H3,(H,52,60,61)(H,53,62,63)/t34?,37-/m1/s1. The van der Waals surface area contributed by atoms with Crippen LogP contribution in [0, 0.1) is 5.82 Å².